The first-order valence-corrected chi connectivity index (χ1v) is 9.31. The van der Waals surface area contributed by atoms with Gasteiger partial charge in [0.1, 0.15) is 0 Å². The molecule has 144 valence electrons. The number of anilines is 1. The molecule has 2 amide bonds. The molecule has 1 fully saturated rings. The van der Waals surface area contributed by atoms with Gasteiger partial charge in [0, 0.05) is 29.6 Å². The lowest BCUT2D eigenvalue weighted by Crippen LogP contribution is -2.39. The number of benzene rings is 1. The van der Waals surface area contributed by atoms with Gasteiger partial charge >= 0.3 is 0 Å². The molecule has 0 saturated heterocycles. The molecule has 1 aromatic carbocycles. The minimum absolute atomic E-state index is 0.00185. The molecule has 1 aliphatic carbocycles. The van der Waals surface area contributed by atoms with Gasteiger partial charge in [-0.25, -0.2) is 0 Å². The maximum absolute atomic E-state index is 12.5. The fourth-order valence-corrected chi connectivity index (χ4v) is 3.24. The fraction of sp³-hybridized carbons (Fsp3) is 0.600. The van der Waals surface area contributed by atoms with E-state index >= 15 is 0 Å². The molecule has 0 radical (unpaired) electrons. The van der Waals surface area contributed by atoms with E-state index in [0.717, 1.165) is 32.1 Å². The van der Waals surface area contributed by atoms with Crippen molar-refractivity contribution in [3.8, 4) is 11.5 Å². The van der Waals surface area contributed by atoms with Gasteiger partial charge in [-0.2, -0.15) is 0 Å². The van der Waals surface area contributed by atoms with E-state index in [1.165, 1.54) is 0 Å². The van der Waals surface area contributed by atoms with Gasteiger partial charge in [-0.15, -0.1) is 0 Å². The Morgan fingerprint density at radius 3 is 2.15 bits per heavy atom. The first-order valence-electron chi connectivity index (χ1n) is 9.31. The number of ether oxygens (including phenoxy) is 2. The minimum atomic E-state index is -0.0595. The Hall–Kier alpha value is -2.24. The Bertz CT molecular complexity index is 624. The lowest BCUT2D eigenvalue weighted by atomic mass is 9.81. The van der Waals surface area contributed by atoms with Crippen LogP contribution in [0.25, 0.3) is 0 Å². The van der Waals surface area contributed by atoms with Crippen molar-refractivity contribution in [3.05, 3.63) is 18.2 Å². The molecule has 6 heteroatoms. The van der Waals surface area contributed by atoms with Crippen molar-refractivity contribution >= 4 is 17.5 Å². The Morgan fingerprint density at radius 2 is 1.62 bits per heavy atom. The van der Waals surface area contributed by atoms with Crippen molar-refractivity contribution in [2.45, 2.75) is 52.0 Å². The molecule has 1 aliphatic rings. The highest BCUT2D eigenvalue weighted by Gasteiger charge is 2.30. The Kier molecular flexibility index (Phi) is 7.30. The van der Waals surface area contributed by atoms with Gasteiger partial charge in [-0.05, 0) is 51.2 Å². The number of hydrogen-bond acceptors (Lipinski definition) is 4. The van der Waals surface area contributed by atoms with E-state index in [4.69, 9.17) is 9.47 Å². The number of nitrogens with one attached hydrogen (secondary N) is 2. The summed E-state index contributed by atoms with van der Waals surface area (Å²) in [6, 6.07) is 5.52. The molecule has 6 nitrogen and oxygen atoms in total. The second kappa shape index (κ2) is 9.46. The van der Waals surface area contributed by atoms with Gasteiger partial charge in [-0.3, -0.25) is 9.59 Å². The maximum Gasteiger partial charge on any atom is 0.227 e. The van der Waals surface area contributed by atoms with Crippen molar-refractivity contribution in [3.63, 3.8) is 0 Å². The summed E-state index contributed by atoms with van der Waals surface area (Å²) in [4.78, 5) is 24.8. The summed E-state index contributed by atoms with van der Waals surface area (Å²) in [5.74, 6) is 1.29. The average molecular weight is 362 g/mol. The molecule has 0 heterocycles. The van der Waals surface area contributed by atoms with Crippen LogP contribution in [0, 0.1) is 11.8 Å². The lowest BCUT2D eigenvalue weighted by molar-refractivity contribution is -0.129. The van der Waals surface area contributed by atoms with E-state index in [-0.39, 0.29) is 29.7 Å². The molecule has 2 N–H and O–H groups in total. The van der Waals surface area contributed by atoms with Gasteiger partial charge in [-0.1, -0.05) is 6.92 Å². The molecule has 0 bridgehead atoms. The quantitative estimate of drug-likeness (QED) is 0.780. The van der Waals surface area contributed by atoms with Crippen molar-refractivity contribution in [2.24, 2.45) is 11.8 Å². The summed E-state index contributed by atoms with van der Waals surface area (Å²) < 4.78 is 10.5. The summed E-state index contributed by atoms with van der Waals surface area (Å²) in [6.45, 7) is 4.07. The summed E-state index contributed by atoms with van der Waals surface area (Å²) in [5, 5.41) is 5.99. The summed E-state index contributed by atoms with van der Waals surface area (Å²) in [5.41, 5.74) is 0.685. The van der Waals surface area contributed by atoms with E-state index in [1.807, 2.05) is 6.92 Å². The fourth-order valence-electron chi connectivity index (χ4n) is 3.24. The van der Waals surface area contributed by atoms with Gasteiger partial charge in [0.05, 0.1) is 14.2 Å². The third kappa shape index (κ3) is 5.13. The Morgan fingerprint density at radius 1 is 1.04 bits per heavy atom. The van der Waals surface area contributed by atoms with Crippen LogP contribution in [0.15, 0.2) is 18.2 Å². The Balaban J connectivity index is 1.87. The zero-order valence-corrected chi connectivity index (χ0v) is 16.1. The van der Waals surface area contributed by atoms with Gasteiger partial charge < -0.3 is 20.1 Å². The molecular weight excluding hydrogens is 332 g/mol. The van der Waals surface area contributed by atoms with Crippen LogP contribution in [0.3, 0.4) is 0 Å². The SMILES string of the molecule is CCC(C)NC(=O)C1CCC(C(=O)Nc2ccc(OC)c(OC)c2)CC1. The predicted molar refractivity (Wildman–Crippen MR) is 102 cm³/mol. The minimum Gasteiger partial charge on any atom is -0.493 e. The Labute approximate surface area is 155 Å². The van der Waals surface area contributed by atoms with E-state index in [0.29, 0.717) is 17.2 Å². The molecule has 1 aromatic rings. The molecule has 1 saturated carbocycles. The smallest absolute Gasteiger partial charge is 0.227 e. The molecule has 26 heavy (non-hydrogen) atoms. The van der Waals surface area contributed by atoms with E-state index in [1.54, 1.807) is 32.4 Å². The van der Waals surface area contributed by atoms with E-state index in [2.05, 4.69) is 17.6 Å². The van der Waals surface area contributed by atoms with Gasteiger partial charge in [0.2, 0.25) is 11.8 Å². The number of amides is 2. The summed E-state index contributed by atoms with van der Waals surface area (Å²) in [6.07, 6.45) is 3.91. The normalized spacial score (nSPS) is 20.8. The largest absolute Gasteiger partial charge is 0.493 e. The third-order valence-electron chi connectivity index (χ3n) is 5.12. The number of carbonyl (C=O) groups excluding carboxylic acids is 2. The van der Waals surface area contributed by atoms with Crippen LogP contribution in [0.4, 0.5) is 5.69 Å². The molecule has 2 rings (SSSR count). The molecule has 1 unspecified atom stereocenters. The van der Waals surface area contributed by atoms with Crippen molar-refractivity contribution in [1.82, 2.24) is 5.32 Å². The molecule has 1 atom stereocenters. The predicted octanol–water partition coefficient (Wildman–Crippen LogP) is 3.36. The van der Waals surface area contributed by atoms with E-state index < -0.39 is 0 Å². The number of hydrogen-bond donors (Lipinski definition) is 2. The first kappa shape index (κ1) is 20.1. The zero-order valence-electron chi connectivity index (χ0n) is 16.1. The highest BCUT2D eigenvalue weighted by Crippen LogP contribution is 2.32. The number of methoxy groups -OCH3 is 2. The maximum atomic E-state index is 12.5. The lowest BCUT2D eigenvalue weighted by Gasteiger charge is -2.28. The van der Waals surface area contributed by atoms with Crippen LogP contribution in [0.1, 0.15) is 46.0 Å². The van der Waals surface area contributed by atoms with Crippen molar-refractivity contribution in [1.29, 1.82) is 0 Å². The topological polar surface area (TPSA) is 76.7 Å². The molecule has 0 aromatic heterocycles. The van der Waals surface area contributed by atoms with Gasteiger partial charge in [0.25, 0.3) is 0 Å². The average Bonchev–Trinajstić information content (AvgIpc) is 2.67. The highest BCUT2D eigenvalue weighted by atomic mass is 16.5. The van der Waals surface area contributed by atoms with Crippen molar-refractivity contribution < 1.29 is 19.1 Å². The molecule has 0 spiro atoms. The first-order chi connectivity index (χ1) is 12.5. The van der Waals surface area contributed by atoms with E-state index in [9.17, 15) is 9.59 Å². The number of carbonyl (C=O) groups is 2. The second-order valence-electron chi connectivity index (χ2n) is 6.93. The molecular formula is C20H30N2O4. The summed E-state index contributed by atoms with van der Waals surface area (Å²) in [7, 11) is 3.14. The van der Waals surface area contributed by atoms with Gasteiger partial charge in [0.15, 0.2) is 11.5 Å². The highest BCUT2D eigenvalue weighted by molar-refractivity contribution is 5.93. The molecule has 0 aliphatic heterocycles. The standard InChI is InChI=1S/C20H30N2O4/c1-5-13(2)21-19(23)14-6-8-15(9-7-14)20(24)22-16-10-11-17(25-3)18(12-16)26-4/h10-15H,5-9H2,1-4H3,(H,21,23)(H,22,24). The van der Waals surface area contributed by atoms with Crippen LogP contribution in [0.5, 0.6) is 11.5 Å². The van der Waals surface area contributed by atoms with Crippen LogP contribution < -0.4 is 20.1 Å². The summed E-state index contributed by atoms with van der Waals surface area (Å²) >= 11 is 0. The van der Waals surface area contributed by atoms with Crippen LogP contribution in [0.2, 0.25) is 0 Å². The van der Waals surface area contributed by atoms with Crippen LogP contribution >= 0.6 is 0 Å². The monoisotopic (exact) mass is 362 g/mol. The van der Waals surface area contributed by atoms with Crippen LogP contribution in [-0.4, -0.2) is 32.1 Å². The zero-order chi connectivity index (χ0) is 19.1. The third-order valence-corrected chi connectivity index (χ3v) is 5.12. The van der Waals surface area contributed by atoms with Crippen molar-refractivity contribution in [2.75, 3.05) is 19.5 Å². The second-order valence-corrected chi connectivity index (χ2v) is 6.93. The number of rotatable bonds is 7. The van der Waals surface area contributed by atoms with Crippen LogP contribution in [-0.2, 0) is 9.59 Å².